The molecule has 0 bridgehead atoms. The standard InChI is InChI=1S/C16H25FN2O/c1-5-10-19(11-12-20-4)16-14(13(3)18-6-2)8-7-9-15(16)17/h5,7-9,13,18H,1,6,10-12H2,2-4H3. The second-order valence-electron chi connectivity index (χ2n) is 4.68. The number of anilines is 1. The molecule has 0 fully saturated rings. The first-order chi connectivity index (χ1) is 9.65. The molecule has 0 aliphatic carbocycles. The minimum Gasteiger partial charge on any atom is -0.383 e. The molecule has 0 aromatic heterocycles. The van der Waals surface area contributed by atoms with E-state index in [-0.39, 0.29) is 11.9 Å². The Kier molecular flexibility index (Phi) is 7.26. The molecule has 20 heavy (non-hydrogen) atoms. The van der Waals surface area contributed by atoms with Gasteiger partial charge in [0.1, 0.15) is 5.82 Å². The van der Waals surface area contributed by atoms with Crippen molar-refractivity contribution in [1.29, 1.82) is 0 Å². The minimum atomic E-state index is -0.204. The molecule has 0 heterocycles. The van der Waals surface area contributed by atoms with Crippen molar-refractivity contribution >= 4 is 5.69 Å². The van der Waals surface area contributed by atoms with Crippen LogP contribution in [0, 0.1) is 5.82 Å². The van der Waals surface area contributed by atoms with E-state index in [1.807, 2.05) is 24.8 Å². The van der Waals surface area contributed by atoms with Crippen LogP contribution in [-0.2, 0) is 4.74 Å². The van der Waals surface area contributed by atoms with Crippen LogP contribution in [0.3, 0.4) is 0 Å². The lowest BCUT2D eigenvalue weighted by Crippen LogP contribution is -2.31. The van der Waals surface area contributed by atoms with E-state index in [1.165, 1.54) is 6.07 Å². The number of rotatable bonds is 9. The molecular formula is C16H25FN2O. The maximum Gasteiger partial charge on any atom is 0.146 e. The Labute approximate surface area is 121 Å². The van der Waals surface area contributed by atoms with Gasteiger partial charge < -0.3 is 15.0 Å². The molecule has 0 saturated heterocycles. The van der Waals surface area contributed by atoms with Gasteiger partial charge in [0, 0.05) is 26.2 Å². The summed E-state index contributed by atoms with van der Waals surface area (Å²) >= 11 is 0. The van der Waals surface area contributed by atoms with Gasteiger partial charge in [0.15, 0.2) is 0 Å². The summed E-state index contributed by atoms with van der Waals surface area (Å²) in [6, 6.07) is 5.32. The zero-order chi connectivity index (χ0) is 15.0. The van der Waals surface area contributed by atoms with E-state index in [2.05, 4.69) is 11.9 Å². The number of nitrogens with zero attached hydrogens (tertiary/aromatic N) is 1. The van der Waals surface area contributed by atoms with E-state index in [0.717, 1.165) is 12.1 Å². The molecule has 0 saturated carbocycles. The average molecular weight is 280 g/mol. The van der Waals surface area contributed by atoms with Crippen LogP contribution >= 0.6 is 0 Å². The van der Waals surface area contributed by atoms with E-state index >= 15 is 0 Å². The molecule has 4 heteroatoms. The predicted molar refractivity (Wildman–Crippen MR) is 82.8 cm³/mol. The van der Waals surface area contributed by atoms with Crippen LogP contribution in [0.15, 0.2) is 30.9 Å². The van der Waals surface area contributed by atoms with Crippen molar-refractivity contribution < 1.29 is 9.13 Å². The van der Waals surface area contributed by atoms with Crippen molar-refractivity contribution in [2.75, 3.05) is 38.3 Å². The molecule has 1 aromatic carbocycles. The lowest BCUT2D eigenvalue weighted by Gasteiger charge is -2.28. The Morgan fingerprint density at radius 2 is 2.25 bits per heavy atom. The molecule has 0 radical (unpaired) electrons. The molecule has 1 unspecified atom stereocenters. The lowest BCUT2D eigenvalue weighted by molar-refractivity contribution is 0.205. The molecule has 0 amide bonds. The molecule has 112 valence electrons. The summed E-state index contributed by atoms with van der Waals surface area (Å²) in [7, 11) is 1.65. The highest BCUT2D eigenvalue weighted by Gasteiger charge is 2.18. The molecule has 1 N–H and O–H groups in total. The normalized spacial score (nSPS) is 12.2. The Morgan fingerprint density at radius 3 is 2.85 bits per heavy atom. The fourth-order valence-electron chi connectivity index (χ4n) is 2.28. The van der Waals surface area contributed by atoms with Crippen molar-refractivity contribution in [2.45, 2.75) is 19.9 Å². The maximum atomic E-state index is 14.3. The molecule has 1 rings (SSSR count). The fourth-order valence-corrected chi connectivity index (χ4v) is 2.28. The molecule has 1 atom stereocenters. The van der Waals surface area contributed by atoms with Crippen LogP contribution in [0.1, 0.15) is 25.5 Å². The van der Waals surface area contributed by atoms with Gasteiger partial charge in [0.05, 0.1) is 12.3 Å². The third-order valence-electron chi connectivity index (χ3n) is 3.23. The topological polar surface area (TPSA) is 24.5 Å². The van der Waals surface area contributed by atoms with Crippen LogP contribution in [0.4, 0.5) is 10.1 Å². The lowest BCUT2D eigenvalue weighted by atomic mass is 10.0. The van der Waals surface area contributed by atoms with Gasteiger partial charge in [-0.25, -0.2) is 4.39 Å². The van der Waals surface area contributed by atoms with Gasteiger partial charge in [0.25, 0.3) is 0 Å². The Hall–Kier alpha value is -1.39. The highest BCUT2D eigenvalue weighted by Crippen LogP contribution is 2.29. The zero-order valence-corrected chi connectivity index (χ0v) is 12.7. The van der Waals surface area contributed by atoms with E-state index in [1.54, 1.807) is 19.3 Å². The summed E-state index contributed by atoms with van der Waals surface area (Å²) in [5.74, 6) is -0.204. The largest absolute Gasteiger partial charge is 0.383 e. The van der Waals surface area contributed by atoms with Gasteiger partial charge in [0.2, 0.25) is 0 Å². The number of hydrogen-bond acceptors (Lipinski definition) is 3. The first kappa shape index (κ1) is 16.7. The van der Waals surface area contributed by atoms with E-state index in [9.17, 15) is 4.39 Å². The third kappa shape index (κ3) is 4.32. The summed E-state index contributed by atoms with van der Waals surface area (Å²) in [5.41, 5.74) is 1.60. The van der Waals surface area contributed by atoms with Gasteiger partial charge in [-0.15, -0.1) is 6.58 Å². The Balaban J connectivity index is 3.13. The number of ether oxygens (including phenoxy) is 1. The number of para-hydroxylation sites is 1. The smallest absolute Gasteiger partial charge is 0.146 e. The van der Waals surface area contributed by atoms with Gasteiger partial charge >= 0.3 is 0 Å². The number of hydrogen-bond donors (Lipinski definition) is 1. The van der Waals surface area contributed by atoms with Gasteiger partial charge in [-0.3, -0.25) is 0 Å². The molecular weight excluding hydrogens is 255 g/mol. The van der Waals surface area contributed by atoms with Crippen molar-refractivity contribution in [1.82, 2.24) is 5.32 Å². The first-order valence-electron chi connectivity index (χ1n) is 7.02. The summed E-state index contributed by atoms with van der Waals surface area (Å²) in [5, 5.41) is 3.33. The number of benzene rings is 1. The van der Waals surface area contributed by atoms with E-state index in [0.29, 0.717) is 25.4 Å². The molecule has 1 aromatic rings. The van der Waals surface area contributed by atoms with Crippen LogP contribution in [0.2, 0.25) is 0 Å². The van der Waals surface area contributed by atoms with Gasteiger partial charge in [-0.05, 0) is 25.1 Å². The molecule has 0 aliphatic heterocycles. The van der Waals surface area contributed by atoms with E-state index < -0.39 is 0 Å². The zero-order valence-electron chi connectivity index (χ0n) is 12.7. The monoisotopic (exact) mass is 280 g/mol. The summed E-state index contributed by atoms with van der Waals surface area (Å²) in [4.78, 5) is 1.97. The Bertz CT molecular complexity index is 423. The second-order valence-corrected chi connectivity index (χ2v) is 4.68. The number of methoxy groups -OCH3 is 1. The molecule has 0 aliphatic rings. The van der Waals surface area contributed by atoms with Crippen LogP contribution in [-0.4, -0.2) is 33.4 Å². The fraction of sp³-hybridized carbons (Fsp3) is 0.500. The predicted octanol–water partition coefficient (Wildman–Crippen LogP) is 3.14. The highest BCUT2D eigenvalue weighted by atomic mass is 19.1. The average Bonchev–Trinajstić information content (AvgIpc) is 2.44. The second kappa shape index (κ2) is 8.72. The van der Waals surface area contributed by atoms with Crippen LogP contribution in [0.25, 0.3) is 0 Å². The number of nitrogens with one attached hydrogen (secondary N) is 1. The number of halogens is 1. The molecule has 0 spiro atoms. The quantitative estimate of drug-likeness (QED) is 0.703. The third-order valence-corrected chi connectivity index (χ3v) is 3.23. The van der Waals surface area contributed by atoms with Gasteiger partial charge in [-0.1, -0.05) is 25.1 Å². The summed E-state index contributed by atoms with van der Waals surface area (Å²) in [6.07, 6.45) is 1.78. The van der Waals surface area contributed by atoms with Crippen molar-refractivity contribution in [3.8, 4) is 0 Å². The van der Waals surface area contributed by atoms with E-state index in [4.69, 9.17) is 4.74 Å². The van der Waals surface area contributed by atoms with Crippen LogP contribution < -0.4 is 10.2 Å². The molecule has 3 nitrogen and oxygen atoms in total. The first-order valence-corrected chi connectivity index (χ1v) is 7.02. The van der Waals surface area contributed by atoms with Crippen LogP contribution in [0.5, 0.6) is 0 Å². The van der Waals surface area contributed by atoms with Crippen molar-refractivity contribution in [2.24, 2.45) is 0 Å². The minimum absolute atomic E-state index is 0.0977. The maximum absolute atomic E-state index is 14.3. The summed E-state index contributed by atoms with van der Waals surface area (Å²) in [6.45, 7) is 10.5. The Morgan fingerprint density at radius 1 is 1.50 bits per heavy atom. The van der Waals surface area contributed by atoms with Gasteiger partial charge in [-0.2, -0.15) is 0 Å². The van der Waals surface area contributed by atoms with Crippen molar-refractivity contribution in [3.05, 3.63) is 42.2 Å². The highest BCUT2D eigenvalue weighted by molar-refractivity contribution is 5.56. The SMILES string of the molecule is C=CCN(CCOC)c1c(F)cccc1C(C)NCC. The summed E-state index contributed by atoms with van der Waals surface area (Å²) < 4.78 is 19.4. The van der Waals surface area contributed by atoms with Crippen molar-refractivity contribution in [3.63, 3.8) is 0 Å².